The van der Waals surface area contributed by atoms with Crippen LogP contribution < -0.4 is 5.43 Å². The average molecular weight is 418 g/mol. The largest absolute Gasteiger partial charge is 0.277 e. The van der Waals surface area contributed by atoms with Gasteiger partial charge < -0.3 is 0 Å². The summed E-state index contributed by atoms with van der Waals surface area (Å²) in [5.41, 5.74) is 7.59. The molecule has 1 atom stereocenters. The lowest BCUT2D eigenvalue weighted by atomic mass is 10.1. The standard InChI is InChI=1S/C23H19N3OS2/c1-15-10-12-16(13-11-15)23-26(21(27)14-28-23)25-22-17-6-2-4-8-19(17)29-20-9-5-3-7-18(20)24-22/h2-13,23H,14H2,1H3,(H,24,25). The fourth-order valence-electron chi connectivity index (χ4n) is 3.41. The average Bonchev–Trinajstić information content (AvgIpc) is 3.01. The topological polar surface area (TPSA) is 44.7 Å². The number of hydrogen-bond acceptors (Lipinski definition) is 5. The number of rotatable bonds is 2. The van der Waals surface area contributed by atoms with Crippen LogP contribution >= 0.6 is 23.5 Å². The minimum absolute atomic E-state index is 0.0611. The van der Waals surface area contributed by atoms with E-state index in [1.807, 2.05) is 30.3 Å². The number of thioether (sulfide) groups is 1. The number of para-hydroxylation sites is 1. The number of nitrogens with zero attached hydrogens (tertiary/aromatic N) is 2. The SMILES string of the molecule is Cc1ccc(C2SCC(=O)N2NC2=Nc3ccccc3Sc3ccccc32)cc1. The molecule has 144 valence electrons. The van der Waals surface area contributed by atoms with Crippen molar-refractivity contribution in [3.8, 4) is 0 Å². The molecule has 3 aromatic rings. The monoisotopic (exact) mass is 417 g/mol. The molecule has 5 rings (SSSR count). The number of amides is 1. The molecule has 0 bridgehead atoms. The maximum absolute atomic E-state index is 12.7. The molecular weight excluding hydrogens is 398 g/mol. The molecule has 1 fully saturated rings. The molecule has 1 saturated heterocycles. The van der Waals surface area contributed by atoms with Gasteiger partial charge in [-0.05, 0) is 30.7 Å². The van der Waals surface area contributed by atoms with Crippen LogP contribution in [-0.4, -0.2) is 22.5 Å². The van der Waals surface area contributed by atoms with Crippen LogP contribution in [0.2, 0.25) is 0 Å². The van der Waals surface area contributed by atoms with Gasteiger partial charge in [-0.3, -0.25) is 10.2 Å². The van der Waals surface area contributed by atoms with Gasteiger partial charge in [-0.25, -0.2) is 10.0 Å². The van der Waals surface area contributed by atoms with Crippen molar-refractivity contribution in [2.75, 3.05) is 5.75 Å². The van der Waals surface area contributed by atoms with Gasteiger partial charge in [0.25, 0.3) is 5.91 Å². The maximum Gasteiger partial charge on any atom is 0.252 e. The lowest BCUT2D eigenvalue weighted by molar-refractivity contribution is -0.129. The van der Waals surface area contributed by atoms with Crippen LogP contribution in [0.3, 0.4) is 0 Å². The van der Waals surface area contributed by atoms with E-state index in [1.54, 1.807) is 28.5 Å². The Balaban J connectivity index is 1.54. The quantitative estimate of drug-likeness (QED) is 0.613. The number of aryl methyl sites for hydroxylation is 1. The molecule has 0 aliphatic carbocycles. The fraction of sp³-hybridized carbons (Fsp3) is 0.130. The summed E-state index contributed by atoms with van der Waals surface area (Å²) in [6.07, 6.45) is 0. The lowest BCUT2D eigenvalue weighted by Crippen LogP contribution is -2.45. The van der Waals surface area contributed by atoms with Crippen LogP contribution in [0.4, 0.5) is 5.69 Å². The molecule has 0 spiro atoms. The number of carbonyl (C=O) groups is 1. The Morgan fingerprint density at radius 3 is 2.52 bits per heavy atom. The number of fused-ring (bicyclic) bond motifs is 2. The zero-order valence-corrected chi connectivity index (χ0v) is 17.5. The summed E-state index contributed by atoms with van der Waals surface area (Å²) < 4.78 is 0. The third kappa shape index (κ3) is 3.54. The summed E-state index contributed by atoms with van der Waals surface area (Å²) in [6, 6.07) is 24.6. The van der Waals surface area contributed by atoms with Crippen LogP contribution in [0.5, 0.6) is 0 Å². The van der Waals surface area contributed by atoms with Gasteiger partial charge >= 0.3 is 0 Å². The van der Waals surface area contributed by atoms with Crippen molar-refractivity contribution < 1.29 is 4.79 Å². The van der Waals surface area contributed by atoms with Gasteiger partial charge in [0, 0.05) is 15.4 Å². The molecule has 29 heavy (non-hydrogen) atoms. The number of aliphatic imine (C=N–C) groups is 1. The summed E-state index contributed by atoms with van der Waals surface area (Å²) in [6.45, 7) is 2.07. The molecule has 1 N–H and O–H groups in total. The molecule has 1 unspecified atom stereocenters. The first-order valence-electron chi connectivity index (χ1n) is 9.41. The maximum atomic E-state index is 12.7. The van der Waals surface area contributed by atoms with Gasteiger partial charge in [-0.2, -0.15) is 0 Å². The van der Waals surface area contributed by atoms with Crippen LogP contribution in [-0.2, 0) is 4.79 Å². The van der Waals surface area contributed by atoms with E-state index in [-0.39, 0.29) is 11.3 Å². The summed E-state index contributed by atoms with van der Waals surface area (Å²) in [5, 5.41) is 1.65. The normalized spacial score (nSPS) is 18.0. The molecule has 2 aliphatic rings. The van der Waals surface area contributed by atoms with Gasteiger partial charge in [-0.15, -0.1) is 11.8 Å². The van der Waals surface area contributed by atoms with E-state index in [1.165, 1.54) is 5.56 Å². The summed E-state index contributed by atoms with van der Waals surface area (Å²) in [7, 11) is 0. The van der Waals surface area contributed by atoms with E-state index in [9.17, 15) is 4.79 Å². The highest BCUT2D eigenvalue weighted by atomic mass is 32.2. The Hall–Kier alpha value is -2.70. The zero-order chi connectivity index (χ0) is 19.8. The molecule has 0 radical (unpaired) electrons. The van der Waals surface area contributed by atoms with Crippen molar-refractivity contribution in [3.05, 3.63) is 89.5 Å². The molecule has 1 amide bonds. The fourth-order valence-corrected chi connectivity index (χ4v) is 5.54. The number of hydrogen-bond donors (Lipinski definition) is 1. The first-order valence-corrected chi connectivity index (χ1v) is 11.3. The second-order valence-corrected chi connectivity index (χ2v) is 9.13. The highest BCUT2D eigenvalue weighted by Gasteiger charge is 2.34. The van der Waals surface area contributed by atoms with Crippen LogP contribution in [0.25, 0.3) is 0 Å². The van der Waals surface area contributed by atoms with Crippen molar-refractivity contribution >= 4 is 41.0 Å². The number of nitrogens with one attached hydrogen (secondary N) is 1. The highest BCUT2D eigenvalue weighted by molar-refractivity contribution is 8.00. The van der Waals surface area contributed by atoms with Gasteiger partial charge in [0.1, 0.15) is 5.37 Å². The first-order chi connectivity index (χ1) is 14.2. The number of hydrazine groups is 1. The van der Waals surface area contributed by atoms with E-state index in [0.717, 1.165) is 26.6 Å². The number of amidine groups is 1. The highest BCUT2D eigenvalue weighted by Crippen LogP contribution is 2.41. The third-order valence-corrected chi connectivity index (χ3v) is 7.27. The van der Waals surface area contributed by atoms with Crippen molar-refractivity contribution in [2.24, 2.45) is 4.99 Å². The molecule has 4 nitrogen and oxygen atoms in total. The van der Waals surface area contributed by atoms with Gasteiger partial charge in [0.05, 0.1) is 11.4 Å². The predicted molar refractivity (Wildman–Crippen MR) is 120 cm³/mol. The van der Waals surface area contributed by atoms with E-state index in [4.69, 9.17) is 4.99 Å². The minimum Gasteiger partial charge on any atom is -0.277 e. The van der Waals surface area contributed by atoms with Crippen molar-refractivity contribution in [1.82, 2.24) is 10.4 Å². The molecule has 2 heterocycles. The Bertz CT molecular complexity index is 1110. The summed E-state index contributed by atoms with van der Waals surface area (Å²) >= 11 is 3.33. The molecule has 3 aromatic carbocycles. The van der Waals surface area contributed by atoms with Crippen molar-refractivity contribution in [2.45, 2.75) is 22.1 Å². The molecular formula is C23H19N3OS2. The van der Waals surface area contributed by atoms with Crippen molar-refractivity contribution in [1.29, 1.82) is 0 Å². The van der Waals surface area contributed by atoms with E-state index >= 15 is 0 Å². The Kier molecular flexibility index (Phi) is 4.81. The van der Waals surface area contributed by atoms with Crippen LogP contribution in [0.1, 0.15) is 22.1 Å². The van der Waals surface area contributed by atoms with Crippen LogP contribution in [0.15, 0.2) is 87.6 Å². The second-order valence-electron chi connectivity index (χ2n) is 6.98. The lowest BCUT2D eigenvalue weighted by Gasteiger charge is -2.26. The van der Waals surface area contributed by atoms with E-state index in [0.29, 0.717) is 11.6 Å². The van der Waals surface area contributed by atoms with Gasteiger partial charge in [0.15, 0.2) is 5.84 Å². The molecule has 6 heteroatoms. The summed E-state index contributed by atoms with van der Waals surface area (Å²) in [4.78, 5) is 19.9. The minimum atomic E-state index is -0.0795. The van der Waals surface area contributed by atoms with E-state index in [2.05, 4.69) is 54.8 Å². The Morgan fingerprint density at radius 1 is 0.966 bits per heavy atom. The van der Waals surface area contributed by atoms with Crippen LogP contribution in [0, 0.1) is 6.92 Å². The molecule has 0 saturated carbocycles. The van der Waals surface area contributed by atoms with Crippen molar-refractivity contribution in [3.63, 3.8) is 0 Å². The van der Waals surface area contributed by atoms with Gasteiger partial charge in [0.2, 0.25) is 0 Å². The Labute approximate surface area is 178 Å². The number of benzene rings is 3. The summed E-state index contributed by atoms with van der Waals surface area (Å²) in [5.74, 6) is 1.21. The smallest absolute Gasteiger partial charge is 0.252 e. The first kappa shape index (κ1) is 18.3. The number of carbonyl (C=O) groups excluding carboxylic acids is 1. The predicted octanol–water partition coefficient (Wildman–Crippen LogP) is 5.32. The third-order valence-electron chi connectivity index (χ3n) is 4.92. The van der Waals surface area contributed by atoms with E-state index < -0.39 is 0 Å². The second kappa shape index (κ2) is 7.61. The molecule has 2 aliphatic heterocycles. The molecule has 0 aromatic heterocycles. The Morgan fingerprint density at radius 2 is 1.69 bits per heavy atom. The van der Waals surface area contributed by atoms with Gasteiger partial charge in [-0.1, -0.05) is 71.9 Å². The zero-order valence-electron chi connectivity index (χ0n) is 15.8.